The van der Waals surface area contributed by atoms with Crippen molar-refractivity contribution in [2.75, 3.05) is 19.0 Å². The number of rotatable bonds is 5. The highest BCUT2D eigenvalue weighted by atomic mass is 16.5. The first-order chi connectivity index (χ1) is 12.2. The Morgan fingerprint density at radius 2 is 2.00 bits per heavy atom. The molecule has 0 atom stereocenters. The molecule has 7 nitrogen and oxygen atoms in total. The van der Waals surface area contributed by atoms with Crippen molar-refractivity contribution in [3.63, 3.8) is 0 Å². The van der Waals surface area contributed by atoms with Crippen LogP contribution in [0.5, 0.6) is 5.75 Å². The minimum Gasteiger partial charge on any atom is -0.496 e. The maximum Gasteiger partial charge on any atom is 0.376 e. The van der Waals surface area contributed by atoms with Crippen molar-refractivity contribution in [3.8, 4) is 5.75 Å². The Labute approximate surface area is 143 Å². The number of carbonyl (C=O) groups is 2. The molecule has 0 bridgehead atoms. The zero-order valence-corrected chi connectivity index (χ0v) is 13.7. The third-order valence-corrected chi connectivity index (χ3v) is 3.52. The van der Waals surface area contributed by atoms with Gasteiger partial charge in [-0.25, -0.2) is 9.78 Å². The summed E-state index contributed by atoms with van der Waals surface area (Å²) in [6.45, 7) is 1.87. The largest absolute Gasteiger partial charge is 0.496 e. The molecule has 0 saturated heterocycles. The minimum absolute atomic E-state index is 0.0983. The van der Waals surface area contributed by atoms with E-state index in [1.165, 1.54) is 13.3 Å². The van der Waals surface area contributed by atoms with Crippen LogP contribution in [0.15, 0.2) is 47.0 Å². The highest BCUT2D eigenvalue weighted by Crippen LogP contribution is 2.31. The summed E-state index contributed by atoms with van der Waals surface area (Å²) >= 11 is 0. The van der Waals surface area contributed by atoms with Crippen LogP contribution in [-0.4, -0.2) is 30.6 Å². The molecule has 1 amide bonds. The van der Waals surface area contributed by atoms with Crippen molar-refractivity contribution < 1.29 is 23.5 Å². The lowest BCUT2D eigenvalue weighted by Crippen LogP contribution is -2.15. The van der Waals surface area contributed by atoms with Crippen LogP contribution >= 0.6 is 0 Å². The van der Waals surface area contributed by atoms with Gasteiger partial charge in [0.05, 0.1) is 24.7 Å². The van der Waals surface area contributed by atoms with E-state index in [0.29, 0.717) is 16.7 Å². The van der Waals surface area contributed by atoms with Gasteiger partial charge in [-0.2, -0.15) is 0 Å². The Morgan fingerprint density at radius 1 is 1.20 bits per heavy atom. The molecule has 2 heterocycles. The first-order valence-electron chi connectivity index (χ1n) is 7.64. The molecule has 0 aliphatic heterocycles. The average Bonchev–Trinajstić information content (AvgIpc) is 3.00. The number of anilines is 1. The van der Waals surface area contributed by atoms with Crippen LogP contribution in [0.3, 0.4) is 0 Å². The van der Waals surface area contributed by atoms with E-state index in [1.807, 2.05) is 0 Å². The highest BCUT2D eigenvalue weighted by Gasteiger charge is 2.25. The lowest BCUT2D eigenvalue weighted by atomic mass is 10.1. The van der Waals surface area contributed by atoms with Crippen LogP contribution in [0.1, 0.15) is 27.8 Å². The molecule has 0 saturated carbocycles. The number of furan rings is 1. The number of esters is 1. The lowest BCUT2D eigenvalue weighted by Gasteiger charge is -2.09. The van der Waals surface area contributed by atoms with Gasteiger partial charge in [-0.1, -0.05) is 12.1 Å². The topological polar surface area (TPSA) is 90.7 Å². The Balaban J connectivity index is 2.04. The van der Waals surface area contributed by atoms with E-state index in [2.05, 4.69) is 10.3 Å². The third kappa shape index (κ3) is 3.16. The Bertz CT molecular complexity index is 932. The van der Waals surface area contributed by atoms with Crippen LogP contribution in [0, 0.1) is 0 Å². The second-order valence-corrected chi connectivity index (χ2v) is 5.04. The normalized spacial score (nSPS) is 10.5. The van der Waals surface area contributed by atoms with Gasteiger partial charge in [0.15, 0.2) is 0 Å². The van der Waals surface area contributed by atoms with Crippen LogP contribution in [0.2, 0.25) is 0 Å². The van der Waals surface area contributed by atoms with Gasteiger partial charge >= 0.3 is 5.97 Å². The maximum absolute atomic E-state index is 12.7. The van der Waals surface area contributed by atoms with Gasteiger partial charge in [0.25, 0.3) is 5.91 Å². The highest BCUT2D eigenvalue weighted by molar-refractivity contribution is 6.13. The monoisotopic (exact) mass is 340 g/mol. The standard InChI is InChI=1S/C18H16N2O5/c1-3-24-18(22)15-14(12-8-6-10-19-17(12)25-15)20-16(21)11-7-4-5-9-13(11)23-2/h4-10H,3H2,1-2H3,(H,20,21). The maximum atomic E-state index is 12.7. The molecule has 25 heavy (non-hydrogen) atoms. The number of fused-ring (bicyclic) bond motifs is 1. The smallest absolute Gasteiger partial charge is 0.376 e. The molecule has 3 rings (SSSR count). The van der Waals surface area contributed by atoms with Gasteiger partial charge < -0.3 is 19.2 Å². The molecule has 0 aliphatic carbocycles. The van der Waals surface area contributed by atoms with Crippen molar-refractivity contribution in [2.24, 2.45) is 0 Å². The fourth-order valence-electron chi connectivity index (χ4n) is 2.41. The van der Waals surface area contributed by atoms with E-state index in [4.69, 9.17) is 13.9 Å². The molecule has 2 aromatic heterocycles. The van der Waals surface area contributed by atoms with E-state index < -0.39 is 11.9 Å². The number of aromatic nitrogens is 1. The Hall–Kier alpha value is -3.35. The number of hydrogen-bond acceptors (Lipinski definition) is 6. The lowest BCUT2D eigenvalue weighted by molar-refractivity contribution is 0.0494. The molecule has 3 aromatic rings. The number of benzene rings is 1. The Morgan fingerprint density at radius 3 is 2.76 bits per heavy atom. The quantitative estimate of drug-likeness (QED) is 0.717. The number of carbonyl (C=O) groups excluding carboxylic acids is 2. The summed E-state index contributed by atoms with van der Waals surface area (Å²) in [5.74, 6) is -0.784. The molecule has 0 aliphatic rings. The van der Waals surface area contributed by atoms with Crippen molar-refractivity contribution in [2.45, 2.75) is 6.92 Å². The van der Waals surface area contributed by atoms with Crippen molar-refractivity contribution >= 4 is 28.7 Å². The summed E-state index contributed by atoms with van der Waals surface area (Å²) in [4.78, 5) is 28.9. The van der Waals surface area contributed by atoms with Crippen molar-refractivity contribution in [1.29, 1.82) is 0 Å². The van der Waals surface area contributed by atoms with Crippen molar-refractivity contribution in [3.05, 3.63) is 53.9 Å². The van der Waals surface area contributed by atoms with E-state index >= 15 is 0 Å². The van der Waals surface area contributed by atoms with Gasteiger partial charge in [-0.15, -0.1) is 0 Å². The number of pyridine rings is 1. The summed E-state index contributed by atoms with van der Waals surface area (Å²) in [5.41, 5.74) is 0.788. The van der Waals surface area contributed by atoms with Gasteiger partial charge in [-0.3, -0.25) is 4.79 Å². The first-order valence-corrected chi connectivity index (χ1v) is 7.64. The summed E-state index contributed by atoms with van der Waals surface area (Å²) < 4.78 is 15.7. The van der Waals surface area contributed by atoms with Crippen molar-refractivity contribution in [1.82, 2.24) is 4.98 Å². The average molecular weight is 340 g/mol. The predicted molar refractivity (Wildman–Crippen MR) is 90.9 cm³/mol. The molecule has 1 N–H and O–H groups in total. The zero-order chi connectivity index (χ0) is 17.8. The number of nitrogens with one attached hydrogen (secondary N) is 1. The van der Waals surface area contributed by atoms with E-state index in [-0.39, 0.29) is 23.8 Å². The van der Waals surface area contributed by atoms with Gasteiger partial charge in [0, 0.05) is 6.20 Å². The van der Waals surface area contributed by atoms with Crippen LogP contribution in [0.4, 0.5) is 5.69 Å². The first kappa shape index (κ1) is 16.5. The molecular formula is C18H16N2O5. The van der Waals surface area contributed by atoms with E-state index in [9.17, 15) is 9.59 Å². The Kier molecular flexibility index (Phi) is 4.65. The fraction of sp³-hybridized carbons (Fsp3) is 0.167. The van der Waals surface area contributed by atoms with Gasteiger partial charge in [-0.05, 0) is 31.2 Å². The predicted octanol–water partition coefficient (Wildman–Crippen LogP) is 3.27. The third-order valence-electron chi connectivity index (χ3n) is 3.52. The second kappa shape index (κ2) is 7.04. The molecule has 0 fully saturated rings. The summed E-state index contributed by atoms with van der Waals surface area (Å²) in [6, 6.07) is 10.2. The van der Waals surface area contributed by atoms with Crippen LogP contribution in [-0.2, 0) is 4.74 Å². The SMILES string of the molecule is CCOC(=O)c1oc2ncccc2c1NC(=O)c1ccccc1OC. The summed E-state index contributed by atoms with van der Waals surface area (Å²) in [5, 5.41) is 3.22. The number of ether oxygens (including phenoxy) is 2. The van der Waals surface area contributed by atoms with E-state index in [1.54, 1.807) is 43.3 Å². The minimum atomic E-state index is -0.671. The number of para-hydroxylation sites is 1. The molecule has 7 heteroatoms. The zero-order valence-electron chi connectivity index (χ0n) is 13.7. The number of amides is 1. The van der Waals surface area contributed by atoms with E-state index in [0.717, 1.165) is 0 Å². The van der Waals surface area contributed by atoms with Crippen LogP contribution in [0.25, 0.3) is 11.1 Å². The summed E-state index contributed by atoms with van der Waals surface area (Å²) in [6.07, 6.45) is 1.53. The second-order valence-electron chi connectivity index (χ2n) is 5.04. The number of methoxy groups -OCH3 is 1. The summed E-state index contributed by atoms with van der Waals surface area (Å²) in [7, 11) is 1.48. The molecular weight excluding hydrogens is 324 g/mol. The van der Waals surface area contributed by atoms with Gasteiger partial charge in [0.1, 0.15) is 11.4 Å². The molecule has 0 spiro atoms. The molecule has 1 aromatic carbocycles. The number of hydrogen-bond donors (Lipinski definition) is 1. The molecule has 0 radical (unpaired) electrons. The van der Waals surface area contributed by atoms with Gasteiger partial charge in [0.2, 0.25) is 11.5 Å². The molecule has 128 valence electrons. The fourth-order valence-corrected chi connectivity index (χ4v) is 2.41. The number of nitrogens with zero attached hydrogens (tertiary/aromatic N) is 1. The molecule has 0 unspecified atom stereocenters. The van der Waals surface area contributed by atoms with Crippen LogP contribution < -0.4 is 10.1 Å².